The van der Waals surface area contributed by atoms with Gasteiger partial charge in [0.05, 0.1) is 12.9 Å². The van der Waals surface area contributed by atoms with Crippen molar-refractivity contribution in [2.45, 2.75) is 6.61 Å². The van der Waals surface area contributed by atoms with E-state index in [-0.39, 0.29) is 39.7 Å². The largest absolute Gasteiger partial charge is 0.461 e. The summed E-state index contributed by atoms with van der Waals surface area (Å²) in [5.41, 5.74) is 0.532. The molecule has 0 aliphatic rings. The van der Waals surface area contributed by atoms with Gasteiger partial charge in [0.2, 0.25) is 0 Å². The van der Waals surface area contributed by atoms with E-state index in [0.29, 0.717) is 11.8 Å². The summed E-state index contributed by atoms with van der Waals surface area (Å²) in [6.45, 7) is -0.148. The van der Waals surface area contributed by atoms with Crippen LogP contribution in [0.1, 0.15) is 16.1 Å². The van der Waals surface area contributed by atoms with Crippen molar-refractivity contribution in [2.24, 2.45) is 0 Å². The van der Waals surface area contributed by atoms with Crippen LogP contribution in [0.5, 0.6) is 0 Å². The van der Waals surface area contributed by atoms with E-state index in [1.54, 1.807) is 6.07 Å². The Morgan fingerprint density at radius 2 is 2.40 bits per heavy atom. The van der Waals surface area contributed by atoms with Crippen molar-refractivity contribution in [3.63, 3.8) is 0 Å². The first-order valence-corrected chi connectivity index (χ1v) is 2.51. The van der Waals surface area contributed by atoms with Crippen LogP contribution in [0.25, 0.3) is 0 Å². The maximum atomic E-state index is 10.0. The predicted molar refractivity (Wildman–Crippen MR) is 35.8 cm³/mol. The third-order valence-corrected chi connectivity index (χ3v) is 1.06. The average molecular weight is 333 g/mol. The predicted octanol–water partition coefficient (Wildman–Crippen LogP) is 0.204. The van der Waals surface area contributed by atoms with Gasteiger partial charge >= 0.3 is 0 Å². The number of aliphatic hydroxyl groups excluding tert-OH is 1. The summed E-state index contributed by atoms with van der Waals surface area (Å²) in [6, 6.07) is 1.56. The SMILES string of the molecule is O=Cc1occc1CO.[Pb]. The van der Waals surface area contributed by atoms with Crippen molar-refractivity contribution in [2.75, 3.05) is 0 Å². The number of carbonyl (C=O) groups excluding carboxylic acids is 1. The van der Waals surface area contributed by atoms with Gasteiger partial charge in [0.1, 0.15) is 0 Å². The first kappa shape index (κ1) is 9.83. The first-order valence-electron chi connectivity index (χ1n) is 2.51. The Balaban J connectivity index is 0.000000810. The second kappa shape index (κ2) is 4.62. The average Bonchev–Trinajstić information content (AvgIpc) is 2.33. The van der Waals surface area contributed by atoms with E-state index in [1.165, 1.54) is 6.26 Å². The van der Waals surface area contributed by atoms with Gasteiger partial charge in [-0.2, -0.15) is 0 Å². The van der Waals surface area contributed by atoms with Crippen molar-refractivity contribution in [1.29, 1.82) is 0 Å². The van der Waals surface area contributed by atoms with E-state index in [0.717, 1.165) is 0 Å². The molecule has 0 aliphatic heterocycles. The van der Waals surface area contributed by atoms with Gasteiger partial charge in [-0.05, 0) is 6.07 Å². The summed E-state index contributed by atoms with van der Waals surface area (Å²) in [7, 11) is 0. The van der Waals surface area contributed by atoms with Crippen LogP contribution in [0, 0.1) is 0 Å². The van der Waals surface area contributed by atoms with E-state index in [1.807, 2.05) is 0 Å². The van der Waals surface area contributed by atoms with Crippen LogP contribution in [0.2, 0.25) is 0 Å². The van der Waals surface area contributed by atoms with E-state index in [9.17, 15) is 4.79 Å². The number of furan rings is 1. The molecule has 1 aromatic rings. The number of hydrogen-bond acceptors (Lipinski definition) is 3. The smallest absolute Gasteiger partial charge is 0.185 e. The number of carbonyl (C=O) groups is 1. The molecule has 0 fully saturated rings. The molecule has 0 atom stereocenters. The van der Waals surface area contributed by atoms with Gasteiger partial charge in [-0.3, -0.25) is 4.79 Å². The van der Waals surface area contributed by atoms with Crippen molar-refractivity contribution in [1.82, 2.24) is 0 Å². The van der Waals surface area contributed by atoms with Crippen LogP contribution < -0.4 is 0 Å². The Morgan fingerprint density at radius 3 is 2.80 bits per heavy atom. The maximum absolute atomic E-state index is 10.0. The Kier molecular flexibility index (Phi) is 4.54. The normalized spacial score (nSPS) is 8.50. The number of aldehydes is 1. The first-order chi connectivity index (χ1) is 4.38. The van der Waals surface area contributed by atoms with Gasteiger partial charge in [0.15, 0.2) is 12.0 Å². The molecule has 3 nitrogen and oxygen atoms in total. The third-order valence-electron chi connectivity index (χ3n) is 1.06. The van der Waals surface area contributed by atoms with Crippen molar-refractivity contribution >= 4 is 33.6 Å². The number of aliphatic hydroxyl groups is 1. The van der Waals surface area contributed by atoms with Crippen LogP contribution in [-0.4, -0.2) is 38.7 Å². The van der Waals surface area contributed by atoms with Crippen molar-refractivity contribution < 1.29 is 14.3 Å². The van der Waals surface area contributed by atoms with Crippen LogP contribution in [-0.2, 0) is 6.61 Å². The minimum Gasteiger partial charge on any atom is -0.461 e. The van der Waals surface area contributed by atoms with Gasteiger partial charge in [-0.1, -0.05) is 0 Å². The third kappa shape index (κ3) is 1.91. The molecule has 52 valence electrons. The van der Waals surface area contributed by atoms with E-state index < -0.39 is 0 Å². The van der Waals surface area contributed by atoms with Crippen LogP contribution in [0.3, 0.4) is 0 Å². The molecule has 1 rings (SSSR count). The Hall–Kier alpha value is -0.168. The molecule has 0 saturated carbocycles. The standard InChI is InChI=1S/C6H6O3.Pb/c7-3-5-1-2-9-6(5)4-8;/h1-2,4,7H,3H2;. The molecule has 0 spiro atoms. The molecule has 0 unspecified atom stereocenters. The molecular formula is C6H6O3Pb. The zero-order chi connectivity index (χ0) is 6.69. The minimum absolute atomic E-state index is 0. The Morgan fingerprint density at radius 1 is 1.70 bits per heavy atom. The fourth-order valence-corrected chi connectivity index (χ4v) is 0.581. The fourth-order valence-electron chi connectivity index (χ4n) is 0.581. The monoisotopic (exact) mass is 334 g/mol. The molecule has 0 saturated heterocycles. The quantitative estimate of drug-likeness (QED) is 0.622. The van der Waals surface area contributed by atoms with Crippen LogP contribution in [0.15, 0.2) is 16.7 Å². The van der Waals surface area contributed by atoms with E-state index in [4.69, 9.17) is 5.11 Å². The molecule has 0 aliphatic carbocycles. The number of hydrogen-bond donors (Lipinski definition) is 1. The molecule has 4 heteroatoms. The summed E-state index contributed by atoms with van der Waals surface area (Å²) in [6.07, 6.45) is 1.95. The molecule has 4 radical (unpaired) electrons. The minimum atomic E-state index is -0.148. The second-order valence-corrected chi connectivity index (χ2v) is 1.59. The van der Waals surface area contributed by atoms with E-state index in [2.05, 4.69) is 4.42 Å². The zero-order valence-corrected chi connectivity index (χ0v) is 9.09. The van der Waals surface area contributed by atoms with Gasteiger partial charge in [0, 0.05) is 32.9 Å². The molecule has 0 amide bonds. The van der Waals surface area contributed by atoms with Crippen molar-refractivity contribution in [3.8, 4) is 0 Å². The molecule has 1 heterocycles. The Bertz CT molecular complexity index is 207. The topological polar surface area (TPSA) is 50.4 Å². The Labute approximate surface area is 78.2 Å². The van der Waals surface area contributed by atoms with E-state index >= 15 is 0 Å². The summed E-state index contributed by atoms with van der Waals surface area (Å²) in [5.74, 6) is 0.206. The number of rotatable bonds is 2. The molecule has 1 aromatic heterocycles. The summed E-state index contributed by atoms with van der Waals surface area (Å²) in [5, 5.41) is 8.52. The summed E-state index contributed by atoms with van der Waals surface area (Å²) >= 11 is 0. The van der Waals surface area contributed by atoms with Gasteiger partial charge in [-0.25, -0.2) is 0 Å². The summed E-state index contributed by atoms with van der Waals surface area (Å²) in [4.78, 5) is 10.0. The second-order valence-electron chi connectivity index (χ2n) is 1.59. The molecule has 1 N–H and O–H groups in total. The molecule has 10 heavy (non-hydrogen) atoms. The fraction of sp³-hybridized carbons (Fsp3) is 0.167. The van der Waals surface area contributed by atoms with Gasteiger partial charge < -0.3 is 9.52 Å². The zero-order valence-electron chi connectivity index (χ0n) is 5.20. The van der Waals surface area contributed by atoms with Crippen LogP contribution >= 0.6 is 0 Å². The van der Waals surface area contributed by atoms with Crippen molar-refractivity contribution in [3.05, 3.63) is 23.7 Å². The van der Waals surface area contributed by atoms with Gasteiger partial charge in [-0.15, -0.1) is 0 Å². The summed E-state index contributed by atoms with van der Waals surface area (Å²) < 4.78 is 4.68. The molecular weight excluding hydrogens is 327 g/mol. The molecule has 0 bridgehead atoms. The molecule has 0 aromatic carbocycles. The van der Waals surface area contributed by atoms with Gasteiger partial charge in [0.25, 0.3) is 0 Å². The van der Waals surface area contributed by atoms with Crippen LogP contribution in [0.4, 0.5) is 0 Å². The maximum Gasteiger partial charge on any atom is 0.185 e.